The topological polar surface area (TPSA) is 62.8 Å². The summed E-state index contributed by atoms with van der Waals surface area (Å²) in [5.74, 6) is -0.00542. The first-order valence-corrected chi connectivity index (χ1v) is 9.52. The minimum Gasteiger partial charge on any atom is -0.490 e. The maximum Gasteiger partial charge on any atom is 0.387 e. The van der Waals surface area contributed by atoms with Gasteiger partial charge in [-0.1, -0.05) is 6.07 Å². The summed E-state index contributed by atoms with van der Waals surface area (Å²) in [5, 5.41) is 6.46. The molecule has 1 aliphatic heterocycles. The van der Waals surface area contributed by atoms with E-state index in [-0.39, 0.29) is 24.0 Å². The van der Waals surface area contributed by atoms with E-state index < -0.39 is 12.7 Å². The second-order valence-electron chi connectivity index (χ2n) is 6.07. The van der Waals surface area contributed by atoms with Crippen LogP contribution in [-0.4, -0.2) is 42.2 Å². The minimum atomic E-state index is -2.96. The number of carbonyl (C=O) groups excluding carboxylic acids is 1. The van der Waals surface area contributed by atoms with Crippen LogP contribution in [0.15, 0.2) is 29.5 Å². The zero-order chi connectivity index (χ0) is 20.8. The number of hydrogen-bond donors (Lipinski definition) is 2. The molecule has 0 unspecified atom stereocenters. The number of nitrogens with one attached hydrogen (secondary N) is 2. The molecule has 0 radical (unpaired) electrons. The van der Waals surface area contributed by atoms with E-state index in [0.29, 0.717) is 35.0 Å². The molecule has 1 amide bonds. The van der Waals surface area contributed by atoms with Gasteiger partial charge in [-0.25, -0.2) is 0 Å². The largest absolute Gasteiger partial charge is 0.490 e. The SMILES string of the molecule is CCOc1cc([C@@H]2NC(=S)NC(C)=C2C(=O)N(CC)CC)ccc1OC(F)F. The summed E-state index contributed by atoms with van der Waals surface area (Å²) < 4.78 is 35.3. The number of likely N-dealkylation sites (N-methyl/N-ethyl adjacent to an activating group) is 1. The molecule has 0 aliphatic carbocycles. The van der Waals surface area contributed by atoms with Gasteiger partial charge in [0.1, 0.15) is 0 Å². The van der Waals surface area contributed by atoms with E-state index in [1.807, 2.05) is 13.8 Å². The van der Waals surface area contributed by atoms with Gasteiger partial charge >= 0.3 is 6.61 Å². The third-order valence-corrected chi connectivity index (χ3v) is 4.59. The first-order chi connectivity index (χ1) is 13.3. The summed E-state index contributed by atoms with van der Waals surface area (Å²) in [6.45, 7) is 5.79. The highest BCUT2D eigenvalue weighted by Crippen LogP contribution is 2.35. The molecule has 9 heteroatoms. The van der Waals surface area contributed by atoms with E-state index in [0.717, 1.165) is 0 Å². The Balaban J connectivity index is 2.50. The minimum absolute atomic E-state index is 0.0607. The van der Waals surface area contributed by atoms with Gasteiger partial charge in [0.05, 0.1) is 18.2 Å². The van der Waals surface area contributed by atoms with Crippen LogP contribution in [0, 0.1) is 0 Å². The van der Waals surface area contributed by atoms with Crippen molar-refractivity contribution < 1.29 is 23.0 Å². The van der Waals surface area contributed by atoms with Crippen molar-refractivity contribution in [2.24, 2.45) is 0 Å². The molecule has 0 aromatic heterocycles. The summed E-state index contributed by atoms with van der Waals surface area (Å²) in [4.78, 5) is 14.8. The smallest absolute Gasteiger partial charge is 0.387 e. The molecule has 0 saturated heterocycles. The number of rotatable bonds is 8. The number of halogens is 2. The Morgan fingerprint density at radius 2 is 1.93 bits per heavy atom. The maximum atomic E-state index is 13.1. The van der Waals surface area contributed by atoms with Gasteiger partial charge in [0.25, 0.3) is 5.91 Å². The molecular weight excluding hydrogens is 388 g/mol. The number of carbonyl (C=O) groups is 1. The van der Waals surface area contributed by atoms with E-state index in [4.69, 9.17) is 17.0 Å². The second-order valence-corrected chi connectivity index (χ2v) is 6.47. The van der Waals surface area contributed by atoms with Crippen molar-refractivity contribution in [3.63, 3.8) is 0 Å². The Labute approximate surface area is 168 Å². The molecular formula is C19H25F2N3O3S. The number of benzene rings is 1. The molecule has 28 heavy (non-hydrogen) atoms. The van der Waals surface area contributed by atoms with E-state index in [1.165, 1.54) is 6.07 Å². The average molecular weight is 413 g/mol. The molecule has 0 spiro atoms. The Morgan fingerprint density at radius 3 is 2.50 bits per heavy atom. The quantitative estimate of drug-likeness (QED) is 0.638. The highest BCUT2D eigenvalue weighted by Gasteiger charge is 2.32. The lowest BCUT2D eigenvalue weighted by molar-refractivity contribution is -0.127. The molecule has 0 bridgehead atoms. The van der Waals surface area contributed by atoms with Gasteiger partial charge in [-0.15, -0.1) is 0 Å². The Hall–Kier alpha value is -2.42. The molecule has 1 aliphatic rings. The van der Waals surface area contributed by atoms with Crippen molar-refractivity contribution in [3.8, 4) is 11.5 Å². The number of amides is 1. The molecule has 1 aromatic carbocycles. The predicted octanol–water partition coefficient (Wildman–Crippen LogP) is 3.35. The van der Waals surface area contributed by atoms with Crippen molar-refractivity contribution in [2.45, 2.75) is 40.3 Å². The van der Waals surface area contributed by atoms with Gasteiger partial charge < -0.3 is 25.0 Å². The Morgan fingerprint density at radius 1 is 1.25 bits per heavy atom. The zero-order valence-electron chi connectivity index (χ0n) is 16.3. The first kappa shape index (κ1) is 21.9. The number of nitrogens with zero attached hydrogens (tertiary/aromatic N) is 1. The van der Waals surface area contributed by atoms with Crippen molar-refractivity contribution >= 4 is 23.2 Å². The molecule has 1 aromatic rings. The Bertz CT molecular complexity index is 767. The molecule has 1 heterocycles. The summed E-state index contributed by atoms with van der Waals surface area (Å²) in [6, 6.07) is 4.08. The van der Waals surface area contributed by atoms with Gasteiger partial charge in [0.2, 0.25) is 0 Å². The van der Waals surface area contributed by atoms with Crippen LogP contribution in [0.3, 0.4) is 0 Å². The van der Waals surface area contributed by atoms with Crippen molar-refractivity contribution in [3.05, 3.63) is 35.0 Å². The van der Waals surface area contributed by atoms with Crippen LogP contribution < -0.4 is 20.1 Å². The number of thiocarbonyl (C=S) groups is 1. The van der Waals surface area contributed by atoms with Crippen LogP contribution in [0.2, 0.25) is 0 Å². The van der Waals surface area contributed by atoms with Crippen molar-refractivity contribution in [1.82, 2.24) is 15.5 Å². The summed E-state index contributed by atoms with van der Waals surface area (Å²) >= 11 is 5.25. The number of ether oxygens (including phenoxy) is 2. The third kappa shape index (κ3) is 4.89. The fourth-order valence-electron chi connectivity index (χ4n) is 3.07. The maximum absolute atomic E-state index is 13.1. The molecule has 6 nitrogen and oxygen atoms in total. The normalized spacial score (nSPS) is 16.5. The fourth-order valence-corrected chi connectivity index (χ4v) is 3.35. The highest BCUT2D eigenvalue weighted by atomic mass is 32.1. The number of alkyl halides is 2. The zero-order valence-corrected chi connectivity index (χ0v) is 17.2. The second kappa shape index (κ2) is 9.68. The molecule has 1 atom stereocenters. The number of hydrogen-bond acceptors (Lipinski definition) is 4. The summed E-state index contributed by atoms with van der Waals surface area (Å²) in [6.07, 6.45) is 0. The van der Waals surface area contributed by atoms with Crippen LogP contribution in [-0.2, 0) is 4.79 Å². The Kier molecular flexibility index (Phi) is 7.56. The lowest BCUT2D eigenvalue weighted by Gasteiger charge is -2.33. The molecule has 2 N–H and O–H groups in total. The standard InChI is InChI=1S/C19H25F2N3O3S/c1-5-24(6-2)17(25)15-11(4)22-19(28)23-16(15)12-8-9-13(27-18(20)21)14(10-12)26-7-3/h8-10,16,18H,5-7H2,1-4H3,(H2,22,23,28)/t16-/m0/s1. The van der Waals surface area contributed by atoms with Crippen LogP contribution in [0.1, 0.15) is 39.3 Å². The molecule has 154 valence electrons. The van der Waals surface area contributed by atoms with Gasteiger partial charge in [0.15, 0.2) is 16.6 Å². The number of allylic oxidation sites excluding steroid dienone is 1. The average Bonchev–Trinajstić information content (AvgIpc) is 2.63. The summed E-state index contributed by atoms with van der Waals surface area (Å²) in [7, 11) is 0. The third-order valence-electron chi connectivity index (χ3n) is 4.37. The monoisotopic (exact) mass is 413 g/mol. The molecule has 2 rings (SSSR count). The highest BCUT2D eigenvalue weighted by molar-refractivity contribution is 7.80. The van der Waals surface area contributed by atoms with Crippen LogP contribution in [0.4, 0.5) is 8.78 Å². The van der Waals surface area contributed by atoms with Gasteiger partial charge in [0, 0.05) is 18.8 Å². The lowest BCUT2D eigenvalue weighted by Crippen LogP contribution is -2.47. The van der Waals surface area contributed by atoms with E-state index in [1.54, 1.807) is 30.9 Å². The summed E-state index contributed by atoms with van der Waals surface area (Å²) in [5.41, 5.74) is 1.82. The fraction of sp³-hybridized carbons (Fsp3) is 0.474. The van der Waals surface area contributed by atoms with Crippen LogP contribution >= 0.6 is 12.2 Å². The van der Waals surface area contributed by atoms with Gasteiger partial charge in [-0.3, -0.25) is 4.79 Å². The lowest BCUT2D eigenvalue weighted by atomic mass is 9.94. The van der Waals surface area contributed by atoms with Gasteiger partial charge in [-0.2, -0.15) is 8.78 Å². The first-order valence-electron chi connectivity index (χ1n) is 9.11. The van der Waals surface area contributed by atoms with E-state index in [9.17, 15) is 13.6 Å². The van der Waals surface area contributed by atoms with Crippen LogP contribution in [0.25, 0.3) is 0 Å². The van der Waals surface area contributed by atoms with Gasteiger partial charge in [-0.05, 0) is 57.6 Å². The molecule has 0 fully saturated rings. The molecule has 0 saturated carbocycles. The van der Waals surface area contributed by atoms with Crippen molar-refractivity contribution in [2.75, 3.05) is 19.7 Å². The van der Waals surface area contributed by atoms with E-state index in [2.05, 4.69) is 15.4 Å². The predicted molar refractivity (Wildman–Crippen MR) is 106 cm³/mol. The van der Waals surface area contributed by atoms with Crippen LogP contribution in [0.5, 0.6) is 11.5 Å². The van der Waals surface area contributed by atoms with E-state index >= 15 is 0 Å². The van der Waals surface area contributed by atoms with Crippen molar-refractivity contribution in [1.29, 1.82) is 0 Å².